The van der Waals surface area contributed by atoms with Crippen LogP contribution < -0.4 is 15.6 Å². The molecule has 1 aliphatic rings. The maximum Gasteiger partial charge on any atom is 0.414 e. The lowest BCUT2D eigenvalue weighted by atomic mass is 9.81. The monoisotopic (exact) mass is 471 g/mol. The normalized spacial score (nSPS) is 19.5. The van der Waals surface area contributed by atoms with E-state index in [0.29, 0.717) is 10.7 Å². The van der Waals surface area contributed by atoms with Crippen molar-refractivity contribution in [3.63, 3.8) is 0 Å². The maximum absolute atomic E-state index is 13.1. The first-order chi connectivity index (χ1) is 14.8. The number of benzene rings is 1. The van der Waals surface area contributed by atoms with Crippen LogP contribution in [-0.4, -0.2) is 27.4 Å². The van der Waals surface area contributed by atoms with Crippen molar-refractivity contribution in [2.24, 2.45) is 5.92 Å². The van der Waals surface area contributed by atoms with E-state index in [2.05, 4.69) is 10.3 Å². The first kappa shape index (κ1) is 24.1. The number of carbonyl (C=O) groups is 1. The zero-order chi connectivity index (χ0) is 23.7. The van der Waals surface area contributed by atoms with Gasteiger partial charge >= 0.3 is 12.3 Å². The molecule has 2 aromatic rings. The minimum atomic E-state index is -4.25. The van der Waals surface area contributed by atoms with Crippen LogP contribution in [0.3, 0.4) is 0 Å². The standard InChI is InChI=1S/C22H25ClF3N3O3/c1-21(2,3)28-20(31)32-17-12-18(30)29(16-10-8-15(23)9-11-16)19(27-17)13-4-6-14(7-5-13)22(24,25)26/h8-14H,4-7H2,1-3H3,(H,28,31). The van der Waals surface area contributed by atoms with Crippen LogP contribution in [0.15, 0.2) is 35.1 Å². The first-order valence-electron chi connectivity index (χ1n) is 10.3. The number of nitrogens with one attached hydrogen (secondary N) is 1. The Balaban J connectivity index is 1.97. The van der Waals surface area contributed by atoms with E-state index in [-0.39, 0.29) is 37.4 Å². The molecule has 1 fully saturated rings. The highest BCUT2D eigenvalue weighted by Gasteiger charge is 2.42. The molecule has 0 bridgehead atoms. The van der Waals surface area contributed by atoms with Gasteiger partial charge in [0, 0.05) is 16.5 Å². The lowest BCUT2D eigenvalue weighted by Crippen LogP contribution is -2.42. The number of amides is 1. The van der Waals surface area contributed by atoms with Crippen LogP contribution >= 0.6 is 11.6 Å². The summed E-state index contributed by atoms with van der Waals surface area (Å²) in [5.74, 6) is -1.70. The van der Waals surface area contributed by atoms with Crippen LogP contribution in [0.1, 0.15) is 58.2 Å². The van der Waals surface area contributed by atoms with Gasteiger partial charge in [0.05, 0.1) is 17.7 Å². The van der Waals surface area contributed by atoms with Gasteiger partial charge < -0.3 is 10.1 Å². The van der Waals surface area contributed by atoms with Gasteiger partial charge in [-0.05, 0) is 70.7 Å². The summed E-state index contributed by atoms with van der Waals surface area (Å²) in [5, 5.41) is 3.08. The van der Waals surface area contributed by atoms with Crippen LogP contribution in [0, 0.1) is 5.92 Å². The SMILES string of the molecule is CC(C)(C)NC(=O)Oc1cc(=O)n(-c2ccc(Cl)cc2)c(C2CCC(C(F)(F)F)CC2)n1. The zero-order valence-corrected chi connectivity index (χ0v) is 18.8. The Bertz CT molecular complexity index is 1020. The van der Waals surface area contributed by atoms with Crippen molar-refractivity contribution in [1.29, 1.82) is 0 Å². The van der Waals surface area contributed by atoms with Gasteiger partial charge in [-0.2, -0.15) is 18.2 Å². The van der Waals surface area contributed by atoms with Crippen molar-refractivity contribution in [1.82, 2.24) is 14.9 Å². The van der Waals surface area contributed by atoms with E-state index in [0.717, 1.165) is 6.07 Å². The summed E-state index contributed by atoms with van der Waals surface area (Å²) in [5.41, 5.74) is -0.590. The van der Waals surface area contributed by atoms with Crippen LogP contribution in [0.5, 0.6) is 5.88 Å². The lowest BCUT2D eigenvalue weighted by molar-refractivity contribution is -0.182. The number of aromatic nitrogens is 2. The molecule has 1 aliphatic carbocycles. The Morgan fingerprint density at radius 2 is 1.72 bits per heavy atom. The maximum atomic E-state index is 13.1. The van der Waals surface area contributed by atoms with Gasteiger partial charge in [0.25, 0.3) is 5.56 Å². The molecule has 1 N–H and O–H groups in total. The third kappa shape index (κ3) is 6.03. The second-order valence-electron chi connectivity index (χ2n) is 8.96. The highest BCUT2D eigenvalue weighted by molar-refractivity contribution is 6.30. The number of hydrogen-bond acceptors (Lipinski definition) is 4. The van der Waals surface area contributed by atoms with E-state index in [9.17, 15) is 22.8 Å². The second kappa shape index (κ2) is 9.13. The highest BCUT2D eigenvalue weighted by Crippen LogP contribution is 2.42. The first-order valence-corrected chi connectivity index (χ1v) is 10.7. The molecule has 0 spiro atoms. The fourth-order valence-corrected chi connectivity index (χ4v) is 3.89. The molecule has 0 atom stereocenters. The number of halogens is 4. The smallest absolute Gasteiger partial charge is 0.391 e. The van der Waals surface area contributed by atoms with E-state index in [1.54, 1.807) is 45.0 Å². The van der Waals surface area contributed by atoms with Crippen molar-refractivity contribution in [3.05, 3.63) is 51.5 Å². The summed E-state index contributed by atoms with van der Waals surface area (Å²) in [6.07, 6.45) is -4.71. The van der Waals surface area contributed by atoms with Gasteiger partial charge in [-0.3, -0.25) is 9.36 Å². The van der Waals surface area contributed by atoms with Crippen LogP contribution in [0.4, 0.5) is 18.0 Å². The molecule has 174 valence electrons. The van der Waals surface area contributed by atoms with Gasteiger partial charge in [-0.1, -0.05) is 11.6 Å². The predicted octanol–water partition coefficient (Wildman–Crippen LogP) is 5.61. The second-order valence-corrected chi connectivity index (χ2v) is 9.39. The largest absolute Gasteiger partial charge is 0.414 e. The van der Waals surface area contributed by atoms with E-state index in [1.165, 1.54) is 4.57 Å². The van der Waals surface area contributed by atoms with Crippen molar-refractivity contribution in [2.75, 3.05) is 0 Å². The number of rotatable bonds is 3. The number of nitrogens with zero attached hydrogens (tertiary/aromatic N) is 2. The summed E-state index contributed by atoms with van der Waals surface area (Å²) in [7, 11) is 0. The quantitative estimate of drug-likeness (QED) is 0.631. The molecule has 0 aliphatic heterocycles. The summed E-state index contributed by atoms with van der Waals surface area (Å²) in [6.45, 7) is 5.31. The van der Waals surface area contributed by atoms with Crippen molar-refractivity contribution < 1.29 is 22.7 Å². The lowest BCUT2D eigenvalue weighted by Gasteiger charge is -2.30. The summed E-state index contributed by atoms with van der Waals surface area (Å²) >= 11 is 5.95. The summed E-state index contributed by atoms with van der Waals surface area (Å²) in [4.78, 5) is 29.5. The molecule has 0 unspecified atom stereocenters. The molecular formula is C22H25ClF3N3O3. The number of ether oxygens (including phenoxy) is 1. The van der Waals surface area contributed by atoms with Gasteiger partial charge in [0.2, 0.25) is 5.88 Å². The van der Waals surface area contributed by atoms with Gasteiger partial charge in [-0.15, -0.1) is 0 Å². The van der Waals surface area contributed by atoms with Gasteiger partial charge in [0.1, 0.15) is 5.82 Å². The van der Waals surface area contributed by atoms with Crippen LogP contribution in [-0.2, 0) is 0 Å². The van der Waals surface area contributed by atoms with Crippen molar-refractivity contribution in [2.45, 2.75) is 64.1 Å². The molecule has 1 heterocycles. The fraction of sp³-hybridized carbons (Fsp3) is 0.500. The third-order valence-corrected chi connectivity index (χ3v) is 5.49. The molecular weight excluding hydrogens is 447 g/mol. The minimum Gasteiger partial charge on any atom is -0.391 e. The zero-order valence-electron chi connectivity index (χ0n) is 18.0. The predicted molar refractivity (Wildman–Crippen MR) is 115 cm³/mol. The van der Waals surface area contributed by atoms with Crippen LogP contribution in [0.25, 0.3) is 5.69 Å². The number of carbonyl (C=O) groups excluding carboxylic acids is 1. The Hall–Kier alpha value is -2.55. The molecule has 6 nitrogen and oxygen atoms in total. The van der Waals surface area contributed by atoms with Crippen molar-refractivity contribution in [3.8, 4) is 11.6 Å². The highest BCUT2D eigenvalue weighted by atomic mass is 35.5. The molecule has 1 aromatic carbocycles. The van der Waals surface area contributed by atoms with E-state index in [4.69, 9.17) is 16.3 Å². The number of hydrogen-bond donors (Lipinski definition) is 1. The Labute approximate surface area is 188 Å². The van der Waals surface area contributed by atoms with Crippen molar-refractivity contribution >= 4 is 17.7 Å². The van der Waals surface area contributed by atoms with Crippen LogP contribution in [0.2, 0.25) is 5.02 Å². The Kier molecular flexibility index (Phi) is 6.88. The molecule has 3 rings (SSSR count). The van der Waals surface area contributed by atoms with Gasteiger partial charge in [-0.25, -0.2) is 4.79 Å². The molecule has 0 saturated heterocycles. The minimum absolute atomic E-state index is 0.0553. The average Bonchev–Trinajstić information content (AvgIpc) is 2.66. The molecule has 1 aromatic heterocycles. The summed E-state index contributed by atoms with van der Waals surface area (Å²) in [6, 6.07) is 7.55. The summed E-state index contributed by atoms with van der Waals surface area (Å²) < 4.78 is 45.9. The van der Waals surface area contributed by atoms with Gasteiger partial charge in [0.15, 0.2) is 0 Å². The molecule has 10 heteroatoms. The van der Waals surface area contributed by atoms with E-state index < -0.39 is 35.2 Å². The third-order valence-electron chi connectivity index (χ3n) is 5.24. The molecule has 1 saturated carbocycles. The molecule has 1 amide bonds. The average molecular weight is 472 g/mol. The van der Waals surface area contributed by atoms with E-state index >= 15 is 0 Å². The molecule has 32 heavy (non-hydrogen) atoms. The van der Waals surface area contributed by atoms with E-state index in [1.807, 2.05) is 0 Å². The Morgan fingerprint density at radius 1 is 1.12 bits per heavy atom. The Morgan fingerprint density at radius 3 is 2.25 bits per heavy atom. The fourth-order valence-electron chi connectivity index (χ4n) is 3.76. The number of alkyl halides is 3. The molecule has 0 radical (unpaired) electrons. The topological polar surface area (TPSA) is 73.2 Å².